The zero-order chi connectivity index (χ0) is 20.6. The van der Waals surface area contributed by atoms with E-state index in [9.17, 15) is 13.2 Å². The maximum Gasteiger partial charge on any atom is 0.236 e. The number of carbonyl (C=O) groups excluding carboxylic acids is 1. The minimum Gasteiger partial charge on any atom is -0.355 e. The number of hydrogen-bond donors (Lipinski definition) is 0. The molecular weight excluding hydrogens is 414 g/mol. The van der Waals surface area contributed by atoms with Gasteiger partial charge in [0.15, 0.2) is 15.6 Å². The van der Waals surface area contributed by atoms with Crippen LogP contribution in [0.25, 0.3) is 10.6 Å². The fraction of sp³-hybridized carbons (Fsp3) is 0.667. The molecule has 0 saturated carbocycles. The summed E-state index contributed by atoms with van der Waals surface area (Å²) in [5, 5.41) is 8.27. The number of likely N-dealkylation sites (tertiary alicyclic amines) is 1. The first-order valence-electron chi connectivity index (χ1n) is 9.77. The Balaban J connectivity index is 1.41. The lowest BCUT2D eigenvalue weighted by molar-refractivity contribution is -0.133. The molecule has 4 rings (SSSR count). The van der Waals surface area contributed by atoms with Gasteiger partial charge in [0, 0.05) is 31.1 Å². The van der Waals surface area contributed by atoms with Gasteiger partial charge >= 0.3 is 0 Å². The van der Waals surface area contributed by atoms with Gasteiger partial charge in [0.1, 0.15) is 4.88 Å². The van der Waals surface area contributed by atoms with Crippen LogP contribution in [-0.4, -0.2) is 83.1 Å². The molecule has 2 aliphatic rings. The van der Waals surface area contributed by atoms with E-state index in [4.69, 9.17) is 4.52 Å². The Bertz CT molecular complexity index is 986. The van der Waals surface area contributed by atoms with E-state index < -0.39 is 9.84 Å². The van der Waals surface area contributed by atoms with Crippen LogP contribution in [0.5, 0.6) is 0 Å². The van der Waals surface area contributed by atoms with Crippen molar-refractivity contribution in [1.29, 1.82) is 0 Å². The van der Waals surface area contributed by atoms with Crippen LogP contribution in [0.3, 0.4) is 0 Å². The van der Waals surface area contributed by atoms with Gasteiger partial charge in [-0.2, -0.15) is 0 Å². The molecular formula is C18H25N5O4S2. The first kappa shape index (κ1) is 20.4. The molecule has 2 atom stereocenters. The molecule has 0 spiro atoms. The van der Waals surface area contributed by atoms with Crippen molar-refractivity contribution in [2.45, 2.75) is 38.1 Å². The van der Waals surface area contributed by atoms with Gasteiger partial charge in [0.05, 0.1) is 29.4 Å². The van der Waals surface area contributed by atoms with Crippen LogP contribution in [0, 0.1) is 6.92 Å². The van der Waals surface area contributed by atoms with Gasteiger partial charge in [-0.3, -0.25) is 9.69 Å². The van der Waals surface area contributed by atoms with Crippen molar-refractivity contribution >= 4 is 27.3 Å². The third-order valence-corrected chi connectivity index (χ3v) is 8.25. The summed E-state index contributed by atoms with van der Waals surface area (Å²) in [6.45, 7) is 3.40. The number of likely N-dealkylation sites (N-methyl/N-ethyl adjacent to an activating group) is 1. The summed E-state index contributed by atoms with van der Waals surface area (Å²) in [7, 11) is -1.13. The summed E-state index contributed by atoms with van der Waals surface area (Å²) in [6.07, 6.45) is 2.43. The van der Waals surface area contributed by atoms with E-state index >= 15 is 0 Å². The number of hydrogen-bond acceptors (Lipinski definition) is 9. The molecule has 2 saturated heterocycles. The molecule has 0 aliphatic carbocycles. The highest BCUT2D eigenvalue weighted by Gasteiger charge is 2.34. The molecule has 0 bridgehead atoms. The summed E-state index contributed by atoms with van der Waals surface area (Å²) in [6, 6.07) is 1.79. The zero-order valence-corrected chi connectivity index (χ0v) is 18.2. The second-order valence-electron chi connectivity index (χ2n) is 7.97. The lowest BCUT2D eigenvalue weighted by Gasteiger charge is -2.34. The number of aromatic nitrogens is 3. The molecule has 11 heteroatoms. The largest absolute Gasteiger partial charge is 0.355 e. The van der Waals surface area contributed by atoms with Gasteiger partial charge in [-0.1, -0.05) is 9.64 Å². The molecule has 2 aliphatic heterocycles. The maximum absolute atomic E-state index is 12.9. The second-order valence-corrected chi connectivity index (χ2v) is 11.0. The number of nitrogens with zero attached hydrogens (tertiary/aromatic N) is 5. The number of sulfone groups is 1. The fourth-order valence-electron chi connectivity index (χ4n) is 4.10. The van der Waals surface area contributed by atoms with Crippen LogP contribution >= 0.6 is 11.5 Å². The molecule has 4 heterocycles. The Morgan fingerprint density at radius 2 is 2.24 bits per heavy atom. The Hall–Kier alpha value is -1.85. The highest BCUT2D eigenvalue weighted by molar-refractivity contribution is 7.91. The molecule has 2 aromatic rings. The molecule has 158 valence electrons. The van der Waals surface area contributed by atoms with Crippen LogP contribution < -0.4 is 0 Å². The lowest BCUT2D eigenvalue weighted by atomic mass is 9.93. The number of aryl methyl sites for hydroxylation is 1. The minimum atomic E-state index is -2.96. The van der Waals surface area contributed by atoms with E-state index in [0.717, 1.165) is 29.1 Å². The summed E-state index contributed by atoms with van der Waals surface area (Å²) in [5.41, 5.74) is 1.66. The third kappa shape index (κ3) is 4.51. The van der Waals surface area contributed by atoms with Gasteiger partial charge in [0.2, 0.25) is 5.91 Å². The molecule has 9 nitrogen and oxygen atoms in total. The van der Waals surface area contributed by atoms with Crippen molar-refractivity contribution in [2.75, 3.05) is 38.2 Å². The molecule has 0 aromatic carbocycles. The Labute approximate surface area is 174 Å². The number of carbonyl (C=O) groups is 1. The third-order valence-electron chi connectivity index (χ3n) is 5.74. The summed E-state index contributed by atoms with van der Waals surface area (Å²) >= 11 is 1.28. The lowest BCUT2D eigenvalue weighted by Crippen LogP contribution is -2.46. The van der Waals surface area contributed by atoms with Gasteiger partial charge in [-0.25, -0.2) is 8.42 Å². The molecule has 1 amide bonds. The first-order chi connectivity index (χ1) is 13.8. The normalized spacial score (nSPS) is 24.3. The van der Waals surface area contributed by atoms with Gasteiger partial charge in [0.25, 0.3) is 0 Å². The number of piperidine rings is 1. The molecule has 2 aromatic heterocycles. The molecule has 29 heavy (non-hydrogen) atoms. The van der Waals surface area contributed by atoms with Crippen molar-refractivity contribution < 1.29 is 17.7 Å². The smallest absolute Gasteiger partial charge is 0.236 e. The zero-order valence-electron chi connectivity index (χ0n) is 16.6. The van der Waals surface area contributed by atoms with E-state index in [-0.39, 0.29) is 35.9 Å². The highest BCUT2D eigenvalue weighted by atomic mass is 32.2. The van der Waals surface area contributed by atoms with Gasteiger partial charge in [-0.05, 0) is 44.8 Å². The Kier molecular flexibility index (Phi) is 5.71. The van der Waals surface area contributed by atoms with Crippen molar-refractivity contribution in [2.24, 2.45) is 0 Å². The van der Waals surface area contributed by atoms with E-state index in [0.29, 0.717) is 25.3 Å². The monoisotopic (exact) mass is 439 g/mol. The Morgan fingerprint density at radius 3 is 2.93 bits per heavy atom. The number of amides is 1. The average Bonchev–Trinajstić information content (AvgIpc) is 3.41. The van der Waals surface area contributed by atoms with E-state index in [1.54, 1.807) is 0 Å². The van der Waals surface area contributed by atoms with Gasteiger partial charge < -0.3 is 9.42 Å². The van der Waals surface area contributed by atoms with Gasteiger partial charge in [-0.15, -0.1) is 5.10 Å². The number of rotatable bonds is 5. The van der Waals surface area contributed by atoms with Crippen molar-refractivity contribution in [3.05, 3.63) is 17.5 Å². The topological polar surface area (TPSA) is 110 Å². The second kappa shape index (κ2) is 8.11. The fourth-order valence-corrected chi connectivity index (χ4v) is 6.60. The van der Waals surface area contributed by atoms with E-state index in [1.165, 1.54) is 11.5 Å². The maximum atomic E-state index is 12.9. The van der Waals surface area contributed by atoms with Crippen molar-refractivity contribution in [1.82, 2.24) is 24.5 Å². The quantitative estimate of drug-likeness (QED) is 0.686. The summed E-state index contributed by atoms with van der Waals surface area (Å²) in [4.78, 5) is 17.5. The van der Waals surface area contributed by atoms with E-state index in [1.807, 2.05) is 29.8 Å². The van der Waals surface area contributed by atoms with Crippen LogP contribution in [-0.2, 0) is 14.6 Å². The molecule has 0 radical (unpaired) electrons. The summed E-state index contributed by atoms with van der Waals surface area (Å²) < 4.78 is 32.9. The highest BCUT2D eigenvalue weighted by Crippen LogP contribution is 2.35. The standard InChI is InChI=1S/C18H25N5O4S2/c1-12-8-15(27-20-12)18-17(19-21-28-18)13-4-3-6-23(9-13)16(24)10-22(2)14-5-7-29(25,26)11-14/h8,13-14H,3-7,9-11H2,1-2H3. The average molecular weight is 440 g/mol. The Morgan fingerprint density at radius 1 is 1.41 bits per heavy atom. The van der Waals surface area contributed by atoms with Crippen LogP contribution in [0.1, 0.15) is 36.6 Å². The van der Waals surface area contributed by atoms with Crippen LogP contribution in [0.15, 0.2) is 10.6 Å². The van der Waals surface area contributed by atoms with Crippen molar-refractivity contribution in [3.8, 4) is 10.6 Å². The first-order valence-corrected chi connectivity index (χ1v) is 12.4. The predicted octanol–water partition coefficient (Wildman–Crippen LogP) is 1.33. The SMILES string of the molecule is Cc1cc(-c2snnc2C2CCCN(C(=O)CN(C)C3CCS(=O)(=O)C3)C2)on1. The van der Waals surface area contributed by atoms with E-state index in [2.05, 4.69) is 14.7 Å². The molecule has 2 fully saturated rings. The van der Waals surface area contributed by atoms with Crippen LogP contribution in [0.2, 0.25) is 0 Å². The summed E-state index contributed by atoms with van der Waals surface area (Å²) in [5.74, 6) is 1.15. The van der Waals surface area contributed by atoms with Crippen LogP contribution in [0.4, 0.5) is 0 Å². The molecule has 2 unspecified atom stereocenters. The minimum absolute atomic E-state index is 0.0294. The predicted molar refractivity (Wildman–Crippen MR) is 108 cm³/mol. The molecule has 0 N–H and O–H groups in total. The van der Waals surface area contributed by atoms with Crippen molar-refractivity contribution in [3.63, 3.8) is 0 Å².